The van der Waals surface area contributed by atoms with E-state index in [0.29, 0.717) is 6.04 Å². The number of hydrogen-bond donors (Lipinski definition) is 2. The summed E-state index contributed by atoms with van der Waals surface area (Å²) in [6, 6.07) is 8.70. The summed E-state index contributed by atoms with van der Waals surface area (Å²) in [4.78, 5) is 11.4. The predicted octanol–water partition coefficient (Wildman–Crippen LogP) is 3.18. The fraction of sp³-hybridized carbons (Fsp3) is 0.400. The van der Waals surface area contributed by atoms with Crippen LogP contribution in [0.2, 0.25) is 0 Å². The Morgan fingerprint density at radius 1 is 1.19 bits per heavy atom. The molecule has 0 spiro atoms. The van der Waals surface area contributed by atoms with Crippen molar-refractivity contribution in [3.8, 4) is 11.3 Å². The van der Waals surface area contributed by atoms with Gasteiger partial charge < -0.3 is 19.7 Å². The minimum Gasteiger partial charge on any atom is -0.393 e. The van der Waals surface area contributed by atoms with Crippen molar-refractivity contribution in [1.29, 1.82) is 0 Å². The van der Waals surface area contributed by atoms with Crippen molar-refractivity contribution in [3.05, 3.63) is 42.9 Å². The second kappa shape index (κ2) is 6.96. The number of nitrogens with one attached hydrogen (secondary N) is 1. The maximum absolute atomic E-state index is 9.73. The van der Waals surface area contributed by atoms with Gasteiger partial charge in [0.05, 0.1) is 11.8 Å². The van der Waals surface area contributed by atoms with Gasteiger partial charge in [0.25, 0.3) is 0 Å². The topological polar surface area (TPSA) is 65.7 Å². The van der Waals surface area contributed by atoms with Crippen LogP contribution in [-0.2, 0) is 0 Å². The SMILES string of the molecule is CN(C)c1cccc(-c2cn3ccnc3c(NC3CCC(O)CC3)n2)c1. The summed E-state index contributed by atoms with van der Waals surface area (Å²) >= 11 is 0. The second-order valence-corrected chi connectivity index (χ2v) is 7.23. The van der Waals surface area contributed by atoms with Crippen LogP contribution in [0.3, 0.4) is 0 Å². The van der Waals surface area contributed by atoms with Crippen molar-refractivity contribution in [2.24, 2.45) is 0 Å². The van der Waals surface area contributed by atoms with Crippen LogP contribution in [0, 0.1) is 0 Å². The van der Waals surface area contributed by atoms with Crippen molar-refractivity contribution in [2.75, 3.05) is 24.3 Å². The Bertz CT molecular complexity index is 896. The van der Waals surface area contributed by atoms with Crippen molar-refractivity contribution in [3.63, 3.8) is 0 Å². The van der Waals surface area contributed by atoms with Crippen LogP contribution in [0.15, 0.2) is 42.9 Å². The first-order valence-corrected chi connectivity index (χ1v) is 9.16. The van der Waals surface area contributed by atoms with Gasteiger partial charge in [-0.15, -0.1) is 0 Å². The summed E-state index contributed by atoms with van der Waals surface area (Å²) < 4.78 is 2.02. The van der Waals surface area contributed by atoms with Crippen LogP contribution in [0.25, 0.3) is 16.9 Å². The molecule has 0 saturated heterocycles. The molecule has 136 valence electrons. The molecule has 1 aromatic carbocycles. The van der Waals surface area contributed by atoms with Gasteiger partial charge in [-0.25, -0.2) is 9.97 Å². The Morgan fingerprint density at radius 3 is 2.77 bits per heavy atom. The first kappa shape index (κ1) is 16.8. The average molecular weight is 351 g/mol. The molecule has 4 rings (SSSR count). The summed E-state index contributed by atoms with van der Waals surface area (Å²) in [5, 5.41) is 13.3. The van der Waals surface area contributed by atoms with Gasteiger partial charge in [0.1, 0.15) is 0 Å². The van der Waals surface area contributed by atoms with Gasteiger partial charge in [0, 0.05) is 50.0 Å². The highest BCUT2D eigenvalue weighted by Crippen LogP contribution is 2.27. The van der Waals surface area contributed by atoms with Crippen LogP contribution in [0.4, 0.5) is 11.5 Å². The molecule has 0 atom stereocenters. The third-order valence-electron chi connectivity index (χ3n) is 5.07. The smallest absolute Gasteiger partial charge is 0.180 e. The quantitative estimate of drug-likeness (QED) is 0.756. The second-order valence-electron chi connectivity index (χ2n) is 7.23. The summed E-state index contributed by atoms with van der Waals surface area (Å²) in [7, 11) is 4.08. The molecule has 0 amide bonds. The van der Waals surface area contributed by atoms with Gasteiger partial charge in [0.2, 0.25) is 0 Å². The summed E-state index contributed by atoms with van der Waals surface area (Å²) in [6.07, 6.45) is 9.20. The highest BCUT2D eigenvalue weighted by atomic mass is 16.3. The minimum absolute atomic E-state index is 0.160. The lowest BCUT2D eigenvalue weighted by atomic mass is 9.93. The van der Waals surface area contributed by atoms with E-state index in [1.807, 2.05) is 30.9 Å². The average Bonchev–Trinajstić information content (AvgIpc) is 3.12. The molecule has 3 aromatic rings. The standard InChI is InChI=1S/C20H25N5O/c1-24(2)16-5-3-4-14(12-16)18-13-25-11-10-21-20(25)19(23-18)22-15-6-8-17(26)9-7-15/h3-5,10-13,15,17,26H,6-9H2,1-2H3,(H,22,23). The Morgan fingerprint density at radius 2 is 2.00 bits per heavy atom. The predicted molar refractivity (Wildman–Crippen MR) is 105 cm³/mol. The van der Waals surface area contributed by atoms with Crippen LogP contribution < -0.4 is 10.2 Å². The van der Waals surface area contributed by atoms with Crippen LogP contribution >= 0.6 is 0 Å². The molecule has 1 aliphatic carbocycles. The molecule has 0 unspecified atom stereocenters. The fourth-order valence-electron chi connectivity index (χ4n) is 3.52. The number of benzene rings is 1. The highest BCUT2D eigenvalue weighted by molar-refractivity contribution is 5.71. The van der Waals surface area contributed by atoms with Crippen LogP contribution in [0.1, 0.15) is 25.7 Å². The Labute approximate surface area is 153 Å². The molecule has 1 saturated carbocycles. The van der Waals surface area contributed by atoms with Gasteiger partial charge in [-0.1, -0.05) is 12.1 Å². The molecule has 6 heteroatoms. The molecule has 6 nitrogen and oxygen atoms in total. The molecule has 2 N–H and O–H groups in total. The zero-order valence-corrected chi connectivity index (χ0v) is 15.3. The molecular formula is C20H25N5O. The lowest BCUT2D eigenvalue weighted by molar-refractivity contribution is 0.126. The van der Waals surface area contributed by atoms with E-state index >= 15 is 0 Å². The highest BCUT2D eigenvalue weighted by Gasteiger charge is 2.21. The maximum Gasteiger partial charge on any atom is 0.180 e. The number of aromatic nitrogens is 3. The van der Waals surface area contributed by atoms with Crippen molar-refractivity contribution in [1.82, 2.24) is 14.4 Å². The van der Waals surface area contributed by atoms with Crippen molar-refractivity contribution >= 4 is 17.2 Å². The number of aliphatic hydroxyl groups is 1. The van der Waals surface area contributed by atoms with Crippen LogP contribution in [-0.4, -0.2) is 45.7 Å². The van der Waals surface area contributed by atoms with E-state index in [0.717, 1.165) is 54.1 Å². The molecule has 2 heterocycles. The van der Waals surface area contributed by atoms with E-state index < -0.39 is 0 Å². The third kappa shape index (κ3) is 3.37. The van der Waals surface area contributed by atoms with E-state index in [-0.39, 0.29) is 6.10 Å². The zero-order valence-electron chi connectivity index (χ0n) is 15.3. The molecule has 1 aliphatic rings. The van der Waals surface area contributed by atoms with Gasteiger partial charge >= 0.3 is 0 Å². The van der Waals surface area contributed by atoms with Crippen molar-refractivity contribution in [2.45, 2.75) is 37.8 Å². The van der Waals surface area contributed by atoms with E-state index in [4.69, 9.17) is 4.98 Å². The number of fused-ring (bicyclic) bond motifs is 1. The van der Waals surface area contributed by atoms with Gasteiger partial charge in [0.15, 0.2) is 11.5 Å². The lowest BCUT2D eigenvalue weighted by Gasteiger charge is -2.26. The summed E-state index contributed by atoms with van der Waals surface area (Å²) in [5.41, 5.74) is 3.97. The first-order chi connectivity index (χ1) is 12.6. The molecule has 0 radical (unpaired) electrons. The number of aliphatic hydroxyl groups excluding tert-OH is 1. The van der Waals surface area contributed by atoms with E-state index in [2.05, 4.69) is 39.5 Å². The number of imidazole rings is 1. The summed E-state index contributed by atoms with van der Waals surface area (Å²) in [6.45, 7) is 0. The fourth-order valence-corrected chi connectivity index (χ4v) is 3.52. The summed E-state index contributed by atoms with van der Waals surface area (Å²) in [5.74, 6) is 0.809. The Kier molecular flexibility index (Phi) is 4.51. The number of rotatable bonds is 4. The minimum atomic E-state index is -0.160. The van der Waals surface area contributed by atoms with Gasteiger partial charge in [-0.3, -0.25) is 0 Å². The Hall–Kier alpha value is -2.60. The monoisotopic (exact) mass is 351 g/mol. The molecule has 26 heavy (non-hydrogen) atoms. The maximum atomic E-state index is 9.73. The molecule has 0 aliphatic heterocycles. The number of anilines is 2. The molecule has 0 bridgehead atoms. The van der Waals surface area contributed by atoms with Crippen molar-refractivity contribution < 1.29 is 5.11 Å². The molecule has 1 fully saturated rings. The largest absolute Gasteiger partial charge is 0.393 e. The van der Waals surface area contributed by atoms with E-state index in [1.165, 1.54) is 0 Å². The van der Waals surface area contributed by atoms with Crippen LogP contribution in [0.5, 0.6) is 0 Å². The van der Waals surface area contributed by atoms with Gasteiger partial charge in [-0.2, -0.15) is 0 Å². The van der Waals surface area contributed by atoms with Gasteiger partial charge in [-0.05, 0) is 37.8 Å². The van der Waals surface area contributed by atoms with E-state index in [1.54, 1.807) is 6.20 Å². The Balaban J connectivity index is 1.69. The third-order valence-corrected chi connectivity index (χ3v) is 5.07. The lowest BCUT2D eigenvalue weighted by Crippen LogP contribution is -2.28. The number of hydrogen-bond acceptors (Lipinski definition) is 5. The molecule has 2 aromatic heterocycles. The first-order valence-electron chi connectivity index (χ1n) is 9.16. The molecular weight excluding hydrogens is 326 g/mol. The number of nitrogens with zero attached hydrogens (tertiary/aromatic N) is 4. The van der Waals surface area contributed by atoms with E-state index in [9.17, 15) is 5.11 Å². The zero-order chi connectivity index (χ0) is 18.1. The normalized spacial score (nSPS) is 20.3.